The molecule has 0 aromatic carbocycles. The molecule has 0 amide bonds. The van der Waals surface area contributed by atoms with E-state index in [-0.39, 0.29) is 0 Å². The van der Waals surface area contributed by atoms with Crippen molar-refractivity contribution in [1.82, 2.24) is 5.32 Å². The Balaban J connectivity index is 2.00. The zero-order valence-corrected chi connectivity index (χ0v) is 13.2. The average molecular weight is 291 g/mol. The molecule has 0 saturated heterocycles. The van der Waals surface area contributed by atoms with Gasteiger partial charge in [-0.15, -0.1) is 0 Å². The summed E-state index contributed by atoms with van der Waals surface area (Å²) in [6.45, 7) is 1.48. The van der Waals surface area contributed by atoms with E-state index in [1.807, 2.05) is 7.05 Å². The third-order valence-electron chi connectivity index (χ3n) is 4.07. The molecule has 1 aliphatic rings. The second kappa shape index (κ2) is 8.93. The van der Waals surface area contributed by atoms with Crippen molar-refractivity contribution in [1.29, 1.82) is 0 Å². The van der Waals surface area contributed by atoms with Crippen LogP contribution >= 0.6 is 0 Å². The van der Waals surface area contributed by atoms with Gasteiger partial charge in [0.1, 0.15) is 0 Å². The summed E-state index contributed by atoms with van der Waals surface area (Å²) in [6.07, 6.45) is 11.0. The average Bonchev–Trinajstić information content (AvgIpc) is 2.36. The van der Waals surface area contributed by atoms with Crippen molar-refractivity contribution in [3.63, 3.8) is 0 Å². The number of hydrogen-bond acceptors (Lipinski definition) is 4. The van der Waals surface area contributed by atoms with E-state index < -0.39 is 10.1 Å². The van der Waals surface area contributed by atoms with Gasteiger partial charge in [-0.2, -0.15) is 8.42 Å². The van der Waals surface area contributed by atoms with Crippen LogP contribution in [0.15, 0.2) is 0 Å². The van der Waals surface area contributed by atoms with E-state index in [9.17, 15) is 8.42 Å². The lowest BCUT2D eigenvalue weighted by atomic mass is 9.78. The molecule has 0 radical (unpaired) electrons. The molecule has 114 valence electrons. The second-order valence-electron chi connectivity index (χ2n) is 5.80. The molecule has 0 spiro atoms. The molecule has 0 atom stereocenters. The van der Waals surface area contributed by atoms with Crippen LogP contribution in [0.25, 0.3) is 0 Å². The monoisotopic (exact) mass is 291 g/mol. The molecule has 1 fully saturated rings. The van der Waals surface area contributed by atoms with Crippen LogP contribution in [0.3, 0.4) is 0 Å². The van der Waals surface area contributed by atoms with E-state index in [2.05, 4.69) is 5.32 Å². The number of hydrogen-bond donors (Lipinski definition) is 1. The van der Waals surface area contributed by atoms with Gasteiger partial charge in [0, 0.05) is 0 Å². The predicted octanol–water partition coefficient (Wildman–Crippen LogP) is 2.55. The Kier molecular flexibility index (Phi) is 7.95. The molecule has 1 rings (SSSR count). The zero-order chi connectivity index (χ0) is 14.1. The van der Waals surface area contributed by atoms with E-state index in [1.54, 1.807) is 0 Å². The quantitative estimate of drug-likeness (QED) is 0.524. The Morgan fingerprint density at radius 1 is 1.05 bits per heavy atom. The first-order chi connectivity index (χ1) is 9.01. The largest absolute Gasteiger partial charge is 0.320 e. The van der Waals surface area contributed by atoms with Gasteiger partial charge in [0.05, 0.1) is 12.9 Å². The van der Waals surface area contributed by atoms with Crippen molar-refractivity contribution >= 4 is 10.1 Å². The third-order valence-corrected chi connectivity index (χ3v) is 4.67. The SMILES string of the molecule is CNCCC1CCC(CCCCOS(C)(=O)=O)CC1. The van der Waals surface area contributed by atoms with Crippen LogP contribution in [0.4, 0.5) is 0 Å². The van der Waals surface area contributed by atoms with Crippen LogP contribution in [-0.2, 0) is 14.3 Å². The van der Waals surface area contributed by atoms with Crippen LogP contribution in [-0.4, -0.2) is 34.9 Å². The lowest BCUT2D eigenvalue weighted by Crippen LogP contribution is -2.19. The summed E-state index contributed by atoms with van der Waals surface area (Å²) in [5.41, 5.74) is 0. The molecule has 0 bridgehead atoms. The molecule has 5 heteroatoms. The van der Waals surface area contributed by atoms with E-state index in [0.29, 0.717) is 6.61 Å². The summed E-state index contributed by atoms with van der Waals surface area (Å²) < 4.78 is 26.3. The van der Waals surface area contributed by atoms with Gasteiger partial charge in [0.25, 0.3) is 10.1 Å². The Labute approximate surface area is 118 Å². The molecule has 1 aliphatic carbocycles. The van der Waals surface area contributed by atoms with Crippen molar-refractivity contribution < 1.29 is 12.6 Å². The minimum absolute atomic E-state index is 0.344. The van der Waals surface area contributed by atoms with Gasteiger partial charge in [0.2, 0.25) is 0 Å². The molecule has 0 aromatic heterocycles. The van der Waals surface area contributed by atoms with Crippen molar-refractivity contribution in [3.05, 3.63) is 0 Å². The highest BCUT2D eigenvalue weighted by molar-refractivity contribution is 7.85. The maximum absolute atomic E-state index is 10.8. The molecule has 1 saturated carbocycles. The fourth-order valence-electron chi connectivity index (χ4n) is 2.90. The minimum atomic E-state index is -3.25. The third kappa shape index (κ3) is 8.60. The van der Waals surface area contributed by atoms with Gasteiger partial charge in [0.15, 0.2) is 0 Å². The maximum Gasteiger partial charge on any atom is 0.264 e. The second-order valence-corrected chi connectivity index (χ2v) is 7.44. The van der Waals surface area contributed by atoms with Gasteiger partial charge >= 0.3 is 0 Å². The first-order valence-electron chi connectivity index (χ1n) is 7.50. The highest BCUT2D eigenvalue weighted by Gasteiger charge is 2.20. The molecule has 0 aromatic rings. The van der Waals surface area contributed by atoms with Crippen molar-refractivity contribution in [2.75, 3.05) is 26.5 Å². The summed E-state index contributed by atoms with van der Waals surface area (Å²) in [4.78, 5) is 0. The van der Waals surface area contributed by atoms with Crippen LogP contribution in [0, 0.1) is 11.8 Å². The van der Waals surface area contributed by atoms with Crippen LogP contribution in [0.2, 0.25) is 0 Å². The number of nitrogens with one attached hydrogen (secondary N) is 1. The lowest BCUT2D eigenvalue weighted by Gasteiger charge is -2.28. The Morgan fingerprint density at radius 3 is 2.16 bits per heavy atom. The zero-order valence-electron chi connectivity index (χ0n) is 12.4. The molecule has 1 N–H and O–H groups in total. The minimum Gasteiger partial charge on any atom is -0.320 e. The summed E-state index contributed by atoms with van der Waals surface area (Å²) >= 11 is 0. The number of unbranched alkanes of at least 4 members (excludes halogenated alkanes) is 1. The van der Waals surface area contributed by atoms with E-state index in [4.69, 9.17) is 4.18 Å². The fourth-order valence-corrected chi connectivity index (χ4v) is 3.32. The molecule has 4 nitrogen and oxygen atoms in total. The smallest absolute Gasteiger partial charge is 0.264 e. The molecule has 0 aliphatic heterocycles. The summed E-state index contributed by atoms with van der Waals surface area (Å²) in [5.74, 6) is 1.77. The summed E-state index contributed by atoms with van der Waals surface area (Å²) in [5, 5.41) is 3.22. The molecule has 19 heavy (non-hydrogen) atoms. The molecular weight excluding hydrogens is 262 g/mol. The molecule has 0 unspecified atom stereocenters. The maximum atomic E-state index is 10.8. The Morgan fingerprint density at radius 2 is 1.63 bits per heavy atom. The van der Waals surface area contributed by atoms with E-state index in [0.717, 1.165) is 37.5 Å². The van der Waals surface area contributed by atoms with Crippen LogP contribution in [0.5, 0.6) is 0 Å². The fraction of sp³-hybridized carbons (Fsp3) is 1.00. The number of rotatable bonds is 9. The normalized spacial score (nSPS) is 24.5. The first kappa shape index (κ1) is 16.9. The van der Waals surface area contributed by atoms with Gasteiger partial charge in [-0.3, -0.25) is 4.18 Å². The summed E-state index contributed by atoms with van der Waals surface area (Å²) in [7, 11) is -1.23. The topological polar surface area (TPSA) is 55.4 Å². The van der Waals surface area contributed by atoms with Crippen LogP contribution in [0.1, 0.15) is 51.4 Å². The summed E-state index contributed by atoms with van der Waals surface area (Å²) in [6, 6.07) is 0. The predicted molar refractivity (Wildman–Crippen MR) is 78.6 cm³/mol. The van der Waals surface area contributed by atoms with Gasteiger partial charge in [-0.05, 0) is 38.3 Å². The standard InChI is InChI=1S/C14H29NO3S/c1-15-11-10-14-8-6-13(7-9-14)5-3-4-12-18-19(2,16)17/h13-15H,3-12H2,1-2H3. The van der Waals surface area contributed by atoms with Crippen molar-refractivity contribution in [2.45, 2.75) is 51.4 Å². The lowest BCUT2D eigenvalue weighted by molar-refractivity contribution is 0.241. The molecular formula is C14H29NO3S. The Bertz CT molecular complexity index is 322. The van der Waals surface area contributed by atoms with Gasteiger partial charge in [-0.25, -0.2) is 0 Å². The van der Waals surface area contributed by atoms with E-state index >= 15 is 0 Å². The van der Waals surface area contributed by atoms with Crippen LogP contribution < -0.4 is 5.32 Å². The van der Waals surface area contributed by atoms with Crippen molar-refractivity contribution in [2.24, 2.45) is 11.8 Å². The molecule has 0 heterocycles. The van der Waals surface area contributed by atoms with Gasteiger partial charge in [-0.1, -0.05) is 38.5 Å². The van der Waals surface area contributed by atoms with Gasteiger partial charge < -0.3 is 5.32 Å². The highest BCUT2D eigenvalue weighted by Crippen LogP contribution is 2.33. The van der Waals surface area contributed by atoms with Crippen molar-refractivity contribution in [3.8, 4) is 0 Å². The highest BCUT2D eigenvalue weighted by atomic mass is 32.2. The first-order valence-corrected chi connectivity index (χ1v) is 9.32. The Hall–Kier alpha value is -0.130. The van der Waals surface area contributed by atoms with E-state index in [1.165, 1.54) is 38.5 Å².